The molecule has 1 heterocycles. The van der Waals surface area contributed by atoms with Crippen LogP contribution in [0.25, 0.3) is 0 Å². The lowest BCUT2D eigenvalue weighted by molar-refractivity contribution is -0.386. The molecule has 0 aromatic heterocycles. The van der Waals surface area contributed by atoms with Crippen LogP contribution in [-0.2, 0) is 4.79 Å². The zero-order chi connectivity index (χ0) is 14.9. The molecule has 0 aliphatic carbocycles. The van der Waals surface area contributed by atoms with Crippen molar-refractivity contribution >= 4 is 27.5 Å². The molecule has 1 aromatic carbocycles. The maximum atomic E-state index is 12.0. The van der Waals surface area contributed by atoms with Gasteiger partial charge >= 0.3 is 0 Å². The predicted molar refractivity (Wildman–Crippen MR) is 78.1 cm³/mol. The van der Waals surface area contributed by atoms with E-state index >= 15 is 0 Å². The van der Waals surface area contributed by atoms with Gasteiger partial charge in [-0.25, -0.2) is 0 Å². The van der Waals surface area contributed by atoms with E-state index in [9.17, 15) is 14.9 Å². The van der Waals surface area contributed by atoms with E-state index in [2.05, 4.69) is 15.9 Å². The second-order valence-electron chi connectivity index (χ2n) is 4.97. The monoisotopic (exact) mass is 341 g/mol. The van der Waals surface area contributed by atoms with Gasteiger partial charge in [0.25, 0.3) is 5.69 Å². The Balaban J connectivity index is 2.52. The molecule has 1 aliphatic heterocycles. The Morgan fingerprint density at radius 3 is 2.85 bits per heavy atom. The molecule has 0 bridgehead atoms. The lowest BCUT2D eigenvalue weighted by atomic mass is 9.95. The Hall–Kier alpha value is -1.47. The lowest BCUT2D eigenvalue weighted by Gasteiger charge is -2.30. The van der Waals surface area contributed by atoms with Crippen LogP contribution >= 0.6 is 15.9 Å². The predicted octanol–water partition coefficient (Wildman–Crippen LogP) is 2.37. The number of hydrogen-bond acceptors (Lipinski definition) is 4. The number of likely N-dealkylation sites (tertiary alicyclic amines) is 1. The first-order valence-electron chi connectivity index (χ1n) is 6.37. The second-order valence-corrected chi connectivity index (χ2v) is 5.88. The number of carbonyl (C=O) groups is 1. The topological polar surface area (TPSA) is 89.5 Å². The summed E-state index contributed by atoms with van der Waals surface area (Å²) in [4.78, 5) is 24.3. The average Bonchev–Trinajstić information content (AvgIpc) is 2.50. The molecular formula is C13H16BrN3O3. The van der Waals surface area contributed by atoms with E-state index < -0.39 is 11.0 Å². The van der Waals surface area contributed by atoms with Crippen molar-refractivity contribution in [3.63, 3.8) is 0 Å². The average molecular weight is 342 g/mol. The molecule has 2 atom stereocenters. The van der Waals surface area contributed by atoms with Crippen LogP contribution in [0.1, 0.15) is 30.9 Å². The van der Waals surface area contributed by atoms with Crippen LogP contribution in [0.5, 0.6) is 0 Å². The van der Waals surface area contributed by atoms with Gasteiger partial charge in [0.1, 0.15) is 0 Å². The Morgan fingerprint density at radius 2 is 2.20 bits per heavy atom. The molecule has 1 aromatic rings. The number of rotatable bonds is 2. The van der Waals surface area contributed by atoms with Crippen molar-refractivity contribution in [3.8, 4) is 0 Å². The molecule has 2 unspecified atom stereocenters. The van der Waals surface area contributed by atoms with Crippen LogP contribution in [0.4, 0.5) is 5.69 Å². The minimum Gasteiger partial charge on any atom is -0.337 e. The minimum atomic E-state index is -0.460. The van der Waals surface area contributed by atoms with Gasteiger partial charge in [-0.3, -0.25) is 14.9 Å². The van der Waals surface area contributed by atoms with Crippen molar-refractivity contribution in [2.45, 2.75) is 31.3 Å². The van der Waals surface area contributed by atoms with E-state index in [1.165, 1.54) is 11.0 Å². The number of carbonyl (C=O) groups excluding carboxylic acids is 1. The van der Waals surface area contributed by atoms with Gasteiger partial charge in [0, 0.05) is 30.0 Å². The van der Waals surface area contributed by atoms with E-state index in [4.69, 9.17) is 5.73 Å². The van der Waals surface area contributed by atoms with Gasteiger partial charge in [0.2, 0.25) is 5.91 Å². The number of hydrogen-bond donors (Lipinski definition) is 1. The fourth-order valence-electron chi connectivity index (χ4n) is 2.63. The van der Waals surface area contributed by atoms with Gasteiger partial charge < -0.3 is 10.6 Å². The lowest BCUT2D eigenvalue weighted by Crippen LogP contribution is -2.40. The normalized spacial score (nSPS) is 23.6. The Morgan fingerprint density at radius 1 is 1.50 bits per heavy atom. The van der Waals surface area contributed by atoms with Crippen molar-refractivity contribution in [2.75, 3.05) is 7.05 Å². The summed E-state index contributed by atoms with van der Waals surface area (Å²) >= 11 is 3.23. The molecule has 2 N–H and O–H groups in total. The third-order valence-electron chi connectivity index (χ3n) is 3.65. The van der Waals surface area contributed by atoms with Gasteiger partial charge in [-0.1, -0.05) is 15.9 Å². The molecule has 2 rings (SSSR count). The maximum absolute atomic E-state index is 12.0. The minimum absolute atomic E-state index is 0.0126. The summed E-state index contributed by atoms with van der Waals surface area (Å²) in [5, 5.41) is 11.2. The summed E-state index contributed by atoms with van der Waals surface area (Å²) in [5.74, 6) is -0.0276. The highest BCUT2D eigenvalue weighted by Gasteiger charge is 2.34. The molecule has 20 heavy (non-hydrogen) atoms. The molecule has 0 saturated carbocycles. The summed E-state index contributed by atoms with van der Waals surface area (Å²) in [6.07, 6.45) is 1.82. The first-order chi connectivity index (χ1) is 9.41. The highest BCUT2D eigenvalue weighted by Crippen LogP contribution is 2.35. The second kappa shape index (κ2) is 5.88. The van der Waals surface area contributed by atoms with Crippen molar-refractivity contribution in [2.24, 2.45) is 5.73 Å². The number of nitro groups is 1. The van der Waals surface area contributed by atoms with Gasteiger partial charge in [0.15, 0.2) is 0 Å². The molecule has 108 valence electrons. The summed E-state index contributed by atoms with van der Waals surface area (Å²) < 4.78 is 0.629. The van der Waals surface area contributed by atoms with E-state index in [1.807, 2.05) is 0 Å². The van der Waals surface area contributed by atoms with Crippen LogP contribution < -0.4 is 5.73 Å². The van der Waals surface area contributed by atoms with Crippen molar-refractivity contribution in [1.82, 2.24) is 4.90 Å². The van der Waals surface area contributed by atoms with Crippen molar-refractivity contribution in [1.29, 1.82) is 0 Å². The number of nitro benzene ring substituents is 1. The first-order valence-corrected chi connectivity index (χ1v) is 7.16. The number of likely N-dealkylation sites (N-methyl/N-ethyl adjacent to an activating group) is 1. The summed E-state index contributed by atoms with van der Waals surface area (Å²) in [6, 6.07) is 4.09. The number of benzene rings is 1. The molecule has 6 nitrogen and oxygen atoms in total. The fraction of sp³-hybridized carbons (Fsp3) is 0.462. The quantitative estimate of drug-likeness (QED) is 0.660. The third kappa shape index (κ3) is 2.83. The Kier molecular flexibility index (Phi) is 4.39. The van der Waals surface area contributed by atoms with Crippen LogP contribution in [-0.4, -0.2) is 28.8 Å². The van der Waals surface area contributed by atoms with Crippen LogP contribution in [0.3, 0.4) is 0 Å². The summed E-state index contributed by atoms with van der Waals surface area (Å²) in [5.41, 5.74) is 6.62. The molecular weight excluding hydrogens is 326 g/mol. The molecule has 7 heteroatoms. The standard InChI is InChI=1S/C13H16BrN3O3/c1-16-12(18)4-2-3-10(15)13(16)9-6-5-8(14)7-11(9)17(19)20/h5-7,10,13H,2-4,15H2,1H3. The highest BCUT2D eigenvalue weighted by molar-refractivity contribution is 9.10. The number of amides is 1. The van der Waals surface area contributed by atoms with Crippen LogP contribution in [0, 0.1) is 10.1 Å². The number of nitrogens with two attached hydrogens (primary N) is 1. The largest absolute Gasteiger partial charge is 0.337 e. The summed E-state index contributed by atoms with van der Waals surface area (Å²) in [6.45, 7) is 0. The molecule has 0 radical (unpaired) electrons. The molecule has 1 amide bonds. The molecule has 0 spiro atoms. The van der Waals surface area contributed by atoms with Crippen molar-refractivity contribution < 1.29 is 9.72 Å². The zero-order valence-electron chi connectivity index (χ0n) is 11.1. The van der Waals surface area contributed by atoms with E-state index in [-0.39, 0.29) is 17.6 Å². The Bertz CT molecular complexity index is 550. The molecule has 1 aliphatic rings. The van der Waals surface area contributed by atoms with Gasteiger partial charge in [0.05, 0.1) is 16.5 Å². The van der Waals surface area contributed by atoms with Crippen LogP contribution in [0.15, 0.2) is 22.7 Å². The maximum Gasteiger partial charge on any atom is 0.275 e. The third-order valence-corrected chi connectivity index (χ3v) is 4.15. The van der Waals surface area contributed by atoms with E-state index in [0.29, 0.717) is 29.3 Å². The van der Waals surface area contributed by atoms with Gasteiger partial charge in [-0.15, -0.1) is 0 Å². The van der Waals surface area contributed by atoms with Crippen LogP contribution in [0.2, 0.25) is 0 Å². The first kappa shape index (κ1) is 14.9. The van der Waals surface area contributed by atoms with E-state index in [1.54, 1.807) is 19.2 Å². The Labute approximate surface area is 125 Å². The van der Waals surface area contributed by atoms with Gasteiger partial charge in [-0.05, 0) is 25.0 Å². The molecule has 1 fully saturated rings. The van der Waals surface area contributed by atoms with E-state index in [0.717, 1.165) is 0 Å². The summed E-state index contributed by atoms with van der Waals surface area (Å²) in [7, 11) is 1.66. The molecule has 1 saturated heterocycles. The highest BCUT2D eigenvalue weighted by atomic mass is 79.9. The fourth-order valence-corrected chi connectivity index (χ4v) is 2.98. The number of nitrogens with zero attached hydrogens (tertiary/aromatic N) is 2. The SMILES string of the molecule is CN1C(=O)CCCC(N)C1c1ccc(Br)cc1[N+](=O)[O-]. The van der Waals surface area contributed by atoms with Gasteiger partial charge in [-0.2, -0.15) is 0 Å². The zero-order valence-corrected chi connectivity index (χ0v) is 12.7. The smallest absolute Gasteiger partial charge is 0.275 e. The van der Waals surface area contributed by atoms with Crippen molar-refractivity contribution in [3.05, 3.63) is 38.3 Å². The number of halogens is 1.